The van der Waals surface area contributed by atoms with Crippen LogP contribution in [-0.2, 0) is 14.9 Å². The number of hydrogen-bond acceptors (Lipinski definition) is 8. The highest BCUT2D eigenvalue weighted by Crippen LogP contribution is 2.40. The van der Waals surface area contributed by atoms with Gasteiger partial charge in [-0.2, -0.15) is 0 Å². The van der Waals surface area contributed by atoms with Crippen molar-refractivity contribution in [2.24, 2.45) is 5.41 Å². The summed E-state index contributed by atoms with van der Waals surface area (Å²) in [4.78, 5) is 28.2. The van der Waals surface area contributed by atoms with E-state index in [1.165, 1.54) is 12.1 Å². The number of phenolic OH excluding ortho intramolecular Hbond substituents is 1. The van der Waals surface area contributed by atoms with Crippen LogP contribution in [-0.4, -0.2) is 38.2 Å². The van der Waals surface area contributed by atoms with E-state index in [2.05, 4.69) is 10.6 Å². The van der Waals surface area contributed by atoms with Crippen LogP contribution in [0.3, 0.4) is 0 Å². The third-order valence-corrected chi connectivity index (χ3v) is 6.95. The Hall–Kier alpha value is -2.14. The molecule has 9 nitrogen and oxygen atoms in total. The molecule has 0 aliphatic carbocycles. The fraction of sp³-hybridized carbons (Fsp3) is 0.444. The molecule has 160 valence electrons. The molecular formula is C18H24ClN3O6S. The molecule has 0 heterocycles. The van der Waals surface area contributed by atoms with Crippen LogP contribution in [0, 0.1) is 5.41 Å². The van der Waals surface area contributed by atoms with Gasteiger partial charge in [-0.05, 0) is 24.5 Å². The number of benzene rings is 1. The average molecular weight is 446 g/mol. The van der Waals surface area contributed by atoms with Crippen molar-refractivity contribution in [2.75, 3.05) is 24.8 Å². The van der Waals surface area contributed by atoms with Gasteiger partial charge in [0, 0.05) is 13.1 Å². The van der Waals surface area contributed by atoms with E-state index >= 15 is 0 Å². The minimum absolute atomic E-state index is 0.0628. The van der Waals surface area contributed by atoms with Crippen LogP contribution in [0.5, 0.6) is 5.75 Å². The van der Waals surface area contributed by atoms with Gasteiger partial charge in [0.05, 0.1) is 17.8 Å². The third kappa shape index (κ3) is 4.25. The highest BCUT2D eigenvalue weighted by Gasteiger charge is 2.31. The van der Waals surface area contributed by atoms with E-state index in [-0.39, 0.29) is 33.5 Å². The third-order valence-electron chi connectivity index (χ3n) is 4.77. The summed E-state index contributed by atoms with van der Waals surface area (Å²) in [7, 11) is -1.99. The second kappa shape index (κ2) is 7.94. The fourth-order valence-corrected chi connectivity index (χ4v) is 3.90. The van der Waals surface area contributed by atoms with Crippen molar-refractivity contribution in [3.05, 3.63) is 37.6 Å². The van der Waals surface area contributed by atoms with Gasteiger partial charge in [-0.15, -0.1) is 0 Å². The Labute approximate surface area is 173 Å². The smallest absolute Gasteiger partial charge is 0.269 e. The SMILES string of the molecule is CON(C)S(=O)(=O)c1c(Cl)ccc(Nc2c(N[C@@H](C)C(C)(C)C)c(=O)c2=O)c1O. The highest BCUT2D eigenvalue weighted by molar-refractivity contribution is 7.89. The maximum atomic E-state index is 12.5. The molecule has 3 N–H and O–H groups in total. The molecule has 0 radical (unpaired) electrons. The minimum Gasteiger partial charge on any atom is -0.504 e. The predicted molar refractivity (Wildman–Crippen MR) is 112 cm³/mol. The molecule has 0 saturated heterocycles. The summed E-state index contributed by atoms with van der Waals surface area (Å²) in [5, 5.41) is 15.9. The van der Waals surface area contributed by atoms with Gasteiger partial charge in [0.1, 0.15) is 16.3 Å². The molecule has 2 aromatic rings. The van der Waals surface area contributed by atoms with Crippen molar-refractivity contribution in [1.82, 2.24) is 4.47 Å². The van der Waals surface area contributed by atoms with Gasteiger partial charge in [0.25, 0.3) is 20.9 Å². The van der Waals surface area contributed by atoms with Gasteiger partial charge in [0.2, 0.25) is 0 Å². The van der Waals surface area contributed by atoms with E-state index in [1.807, 2.05) is 27.7 Å². The van der Waals surface area contributed by atoms with Crippen LogP contribution in [0.4, 0.5) is 17.1 Å². The molecule has 0 bridgehead atoms. The maximum absolute atomic E-state index is 12.5. The van der Waals surface area contributed by atoms with Crippen LogP contribution in [0.15, 0.2) is 26.6 Å². The van der Waals surface area contributed by atoms with Crippen molar-refractivity contribution in [1.29, 1.82) is 0 Å². The Bertz CT molecular complexity index is 1100. The number of hydrogen-bond donors (Lipinski definition) is 3. The number of rotatable bonds is 7. The maximum Gasteiger partial charge on any atom is 0.269 e. The molecular weight excluding hydrogens is 422 g/mol. The fourth-order valence-electron chi connectivity index (χ4n) is 2.34. The standard InChI is InChI=1S/C18H24ClN3O6S/c1-9(18(2,3)4)20-12-13(16(25)15(12)24)21-11-8-7-10(19)17(14(11)23)29(26,27)22(5)28-6/h7-9,20-21,23H,1-6H3/t9-/m0/s1. The molecule has 0 spiro atoms. The molecule has 0 aromatic heterocycles. The number of halogens is 1. The number of hydroxylamine groups is 1. The summed E-state index contributed by atoms with van der Waals surface area (Å²) in [6.45, 7) is 7.78. The number of anilines is 3. The van der Waals surface area contributed by atoms with E-state index < -0.39 is 31.5 Å². The molecule has 1 atom stereocenters. The van der Waals surface area contributed by atoms with Gasteiger partial charge in [-0.3, -0.25) is 14.4 Å². The van der Waals surface area contributed by atoms with Crippen LogP contribution >= 0.6 is 11.6 Å². The van der Waals surface area contributed by atoms with Crippen molar-refractivity contribution in [3.63, 3.8) is 0 Å². The Morgan fingerprint density at radius 2 is 1.72 bits per heavy atom. The number of nitrogens with zero attached hydrogens (tertiary/aromatic N) is 1. The summed E-state index contributed by atoms with van der Waals surface area (Å²) in [6, 6.07) is 2.41. The molecule has 0 fully saturated rings. The molecule has 0 unspecified atom stereocenters. The Morgan fingerprint density at radius 1 is 1.17 bits per heavy atom. The zero-order chi connectivity index (χ0) is 22.3. The Kier molecular flexibility index (Phi) is 6.34. The zero-order valence-electron chi connectivity index (χ0n) is 17.0. The van der Waals surface area contributed by atoms with Gasteiger partial charge in [0.15, 0.2) is 5.75 Å². The van der Waals surface area contributed by atoms with Gasteiger partial charge >= 0.3 is 0 Å². The summed E-state index contributed by atoms with van der Waals surface area (Å²) in [6.07, 6.45) is 0. The normalized spacial score (nSPS) is 13.7. The summed E-state index contributed by atoms with van der Waals surface area (Å²) in [5.41, 5.74) is -1.75. The van der Waals surface area contributed by atoms with Gasteiger partial charge in [-0.1, -0.05) is 36.8 Å². The van der Waals surface area contributed by atoms with Crippen molar-refractivity contribution >= 4 is 38.7 Å². The number of phenols is 1. The van der Waals surface area contributed by atoms with E-state index in [1.54, 1.807) is 0 Å². The topological polar surface area (TPSA) is 125 Å². The predicted octanol–water partition coefficient (Wildman–Crippen LogP) is 2.41. The number of sulfonamides is 1. The zero-order valence-corrected chi connectivity index (χ0v) is 18.5. The van der Waals surface area contributed by atoms with Crippen LogP contribution in [0.2, 0.25) is 5.02 Å². The summed E-state index contributed by atoms with van der Waals surface area (Å²) < 4.78 is 25.6. The second-order valence-electron chi connectivity index (χ2n) is 7.64. The second-order valence-corrected chi connectivity index (χ2v) is 9.92. The molecule has 0 aliphatic rings. The molecule has 2 rings (SSSR count). The van der Waals surface area contributed by atoms with Gasteiger partial charge in [-0.25, -0.2) is 8.42 Å². The van der Waals surface area contributed by atoms with Crippen molar-refractivity contribution < 1.29 is 18.4 Å². The van der Waals surface area contributed by atoms with E-state index in [4.69, 9.17) is 16.4 Å². The molecule has 0 amide bonds. The largest absolute Gasteiger partial charge is 0.504 e. The summed E-state index contributed by atoms with van der Waals surface area (Å²) >= 11 is 5.98. The first-order valence-electron chi connectivity index (χ1n) is 8.64. The van der Waals surface area contributed by atoms with Gasteiger partial charge < -0.3 is 15.7 Å². The number of aromatic hydroxyl groups is 1. The quantitative estimate of drug-likeness (QED) is 0.337. The molecule has 11 heteroatoms. The van der Waals surface area contributed by atoms with Crippen LogP contribution in [0.25, 0.3) is 0 Å². The Morgan fingerprint density at radius 3 is 2.24 bits per heavy atom. The first-order valence-corrected chi connectivity index (χ1v) is 10.5. The minimum atomic E-state index is -4.27. The van der Waals surface area contributed by atoms with E-state index in [0.29, 0.717) is 4.47 Å². The molecule has 2 aromatic carbocycles. The monoisotopic (exact) mass is 445 g/mol. The lowest BCUT2D eigenvalue weighted by atomic mass is 9.87. The first kappa shape index (κ1) is 23.1. The highest BCUT2D eigenvalue weighted by atomic mass is 35.5. The lowest BCUT2D eigenvalue weighted by Gasteiger charge is -2.30. The van der Waals surface area contributed by atoms with Crippen molar-refractivity contribution in [2.45, 2.75) is 38.6 Å². The number of nitrogens with one attached hydrogen (secondary N) is 2. The molecule has 0 saturated carbocycles. The first-order chi connectivity index (χ1) is 13.2. The Balaban J connectivity index is 2.48. The van der Waals surface area contributed by atoms with Crippen LogP contribution < -0.4 is 21.5 Å². The molecule has 29 heavy (non-hydrogen) atoms. The average Bonchev–Trinajstić information content (AvgIpc) is 2.63. The summed E-state index contributed by atoms with van der Waals surface area (Å²) in [5.74, 6) is -0.704. The lowest BCUT2D eigenvalue weighted by Crippen LogP contribution is -2.41. The molecule has 0 aliphatic heterocycles. The van der Waals surface area contributed by atoms with Crippen LogP contribution in [0.1, 0.15) is 27.7 Å². The van der Waals surface area contributed by atoms with Crippen molar-refractivity contribution in [3.8, 4) is 5.75 Å². The van der Waals surface area contributed by atoms with E-state index in [0.717, 1.165) is 14.2 Å². The van der Waals surface area contributed by atoms with E-state index in [9.17, 15) is 23.1 Å². The lowest BCUT2D eigenvalue weighted by molar-refractivity contribution is -0.0259.